The monoisotopic (exact) mass is 322 g/mol. The van der Waals surface area contributed by atoms with Crippen LogP contribution in [0.4, 0.5) is 30.4 Å². The van der Waals surface area contributed by atoms with Gasteiger partial charge in [-0.2, -0.15) is 23.4 Å². The first kappa shape index (κ1) is 16.4. The summed E-state index contributed by atoms with van der Waals surface area (Å²) in [5, 5.41) is 12.0. The maximum Gasteiger partial charge on any atom is 0.416 e. The maximum atomic E-state index is 12.6. The summed E-state index contributed by atoms with van der Waals surface area (Å²) in [6.45, 7) is 2.12. The minimum Gasteiger partial charge on any atom is -0.478 e. The molecule has 0 saturated carbocycles. The minimum absolute atomic E-state index is 0.0205. The molecule has 0 radical (unpaired) electrons. The second-order valence-corrected chi connectivity index (χ2v) is 4.51. The van der Waals surface area contributed by atoms with Crippen molar-refractivity contribution in [3.8, 4) is 11.9 Å². The number of nitrogen functional groups attached to an aromatic ring is 1. The number of rotatable bonds is 4. The van der Waals surface area contributed by atoms with Crippen molar-refractivity contribution in [1.82, 2.24) is 4.98 Å². The van der Waals surface area contributed by atoms with E-state index in [9.17, 15) is 13.2 Å². The van der Waals surface area contributed by atoms with E-state index in [1.54, 1.807) is 6.92 Å². The SMILES string of the molecule is CCOc1cc(Nc2ccc(C(F)(F)F)cc2)c(C#N)c(N)n1. The van der Waals surface area contributed by atoms with Gasteiger partial charge in [0, 0.05) is 11.8 Å². The molecule has 0 aliphatic heterocycles. The van der Waals surface area contributed by atoms with Crippen molar-refractivity contribution in [3.05, 3.63) is 41.5 Å². The third-order valence-electron chi connectivity index (χ3n) is 2.92. The number of pyridine rings is 1. The molecule has 2 aromatic rings. The summed E-state index contributed by atoms with van der Waals surface area (Å²) >= 11 is 0. The van der Waals surface area contributed by atoms with E-state index >= 15 is 0 Å². The Kier molecular flexibility index (Phi) is 4.60. The van der Waals surface area contributed by atoms with Gasteiger partial charge in [0.25, 0.3) is 0 Å². The van der Waals surface area contributed by atoms with E-state index in [0.29, 0.717) is 18.0 Å². The van der Waals surface area contributed by atoms with Crippen LogP contribution in [-0.4, -0.2) is 11.6 Å². The van der Waals surface area contributed by atoms with Crippen LogP contribution in [0.3, 0.4) is 0 Å². The molecule has 0 spiro atoms. The molecule has 0 saturated heterocycles. The van der Waals surface area contributed by atoms with Gasteiger partial charge in [-0.15, -0.1) is 0 Å². The van der Waals surface area contributed by atoms with Crippen molar-refractivity contribution in [2.24, 2.45) is 0 Å². The van der Waals surface area contributed by atoms with Crippen molar-refractivity contribution < 1.29 is 17.9 Å². The highest BCUT2D eigenvalue weighted by atomic mass is 19.4. The standard InChI is InChI=1S/C15H13F3N4O/c1-2-23-13-7-12(11(8-19)14(20)22-13)21-10-5-3-9(4-6-10)15(16,17)18/h3-7H,2H2,1H3,(H3,20,21,22). The topological polar surface area (TPSA) is 84.0 Å². The highest BCUT2D eigenvalue weighted by Gasteiger charge is 2.29. The lowest BCUT2D eigenvalue weighted by Crippen LogP contribution is -2.05. The third kappa shape index (κ3) is 3.83. The predicted octanol–water partition coefficient (Wildman–Crippen LogP) is 3.70. The molecule has 1 aromatic heterocycles. The van der Waals surface area contributed by atoms with Gasteiger partial charge in [0.2, 0.25) is 5.88 Å². The van der Waals surface area contributed by atoms with E-state index in [4.69, 9.17) is 15.7 Å². The number of nitrogens with one attached hydrogen (secondary N) is 1. The quantitative estimate of drug-likeness (QED) is 0.896. The molecule has 3 N–H and O–H groups in total. The number of anilines is 3. The fraction of sp³-hybridized carbons (Fsp3) is 0.200. The van der Waals surface area contributed by atoms with E-state index in [1.165, 1.54) is 18.2 Å². The van der Waals surface area contributed by atoms with Gasteiger partial charge in [-0.3, -0.25) is 0 Å². The van der Waals surface area contributed by atoms with E-state index in [0.717, 1.165) is 12.1 Å². The van der Waals surface area contributed by atoms with Crippen LogP contribution in [0.2, 0.25) is 0 Å². The predicted molar refractivity (Wildman–Crippen MR) is 79.3 cm³/mol. The summed E-state index contributed by atoms with van der Waals surface area (Å²) < 4.78 is 42.9. The molecule has 0 bridgehead atoms. The summed E-state index contributed by atoms with van der Waals surface area (Å²) in [7, 11) is 0. The Hall–Kier alpha value is -2.95. The second-order valence-electron chi connectivity index (χ2n) is 4.51. The lowest BCUT2D eigenvalue weighted by molar-refractivity contribution is -0.137. The Balaban J connectivity index is 2.34. The second kappa shape index (κ2) is 6.44. The van der Waals surface area contributed by atoms with Gasteiger partial charge in [-0.05, 0) is 31.2 Å². The van der Waals surface area contributed by atoms with E-state index < -0.39 is 11.7 Å². The first-order chi connectivity index (χ1) is 10.8. The van der Waals surface area contributed by atoms with Gasteiger partial charge in [0.1, 0.15) is 17.5 Å². The van der Waals surface area contributed by atoms with Crippen molar-refractivity contribution in [2.45, 2.75) is 13.1 Å². The number of hydrogen-bond donors (Lipinski definition) is 2. The number of nitrogens with zero attached hydrogens (tertiary/aromatic N) is 2. The number of ether oxygens (including phenoxy) is 1. The van der Waals surface area contributed by atoms with Crippen LogP contribution in [0, 0.1) is 11.3 Å². The van der Waals surface area contributed by atoms with Crippen LogP contribution < -0.4 is 15.8 Å². The third-order valence-corrected chi connectivity index (χ3v) is 2.92. The average Bonchev–Trinajstić information content (AvgIpc) is 2.47. The number of alkyl halides is 3. The summed E-state index contributed by atoms with van der Waals surface area (Å²) in [5.74, 6) is 0.200. The molecule has 0 aliphatic carbocycles. The van der Waals surface area contributed by atoms with Crippen LogP contribution in [0.1, 0.15) is 18.1 Å². The van der Waals surface area contributed by atoms with E-state index in [1.807, 2.05) is 6.07 Å². The Bertz CT molecular complexity index is 736. The lowest BCUT2D eigenvalue weighted by atomic mass is 10.1. The van der Waals surface area contributed by atoms with Gasteiger partial charge in [-0.1, -0.05) is 0 Å². The van der Waals surface area contributed by atoms with Crippen LogP contribution in [0.25, 0.3) is 0 Å². The van der Waals surface area contributed by atoms with E-state index in [-0.39, 0.29) is 17.3 Å². The maximum absolute atomic E-state index is 12.6. The smallest absolute Gasteiger partial charge is 0.416 e. The van der Waals surface area contributed by atoms with Crippen molar-refractivity contribution >= 4 is 17.2 Å². The molecular weight excluding hydrogens is 309 g/mol. The Morgan fingerprint density at radius 1 is 1.30 bits per heavy atom. The first-order valence-electron chi connectivity index (χ1n) is 6.63. The summed E-state index contributed by atoms with van der Waals surface area (Å²) in [5.41, 5.74) is 5.72. The molecule has 1 aromatic carbocycles. The van der Waals surface area contributed by atoms with Gasteiger partial charge in [0.15, 0.2) is 0 Å². The molecule has 0 amide bonds. The fourth-order valence-electron chi connectivity index (χ4n) is 1.88. The number of halogens is 3. The molecule has 2 rings (SSSR count). The highest BCUT2D eigenvalue weighted by Crippen LogP contribution is 2.32. The Morgan fingerprint density at radius 2 is 1.96 bits per heavy atom. The van der Waals surface area contributed by atoms with Crippen LogP contribution in [0.5, 0.6) is 5.88 Å². The summed E-state index contributed by atoms with van der Waals surface area (Å²) in [4.78, 5) is 3.93. The van der Waals surface area contributed by atoms with Crippen molar-refractivity contribution in [1.29, 1.82) is 5.26 Å². The molecular formula is C15H13F3N4O. The number of nitrogens with two attached hydrogens (primary N) is 1. The largest absolute Gasteiger partial charge is 0.478 e. The average molecular weight is 322 g/mol. The van der Waals surface area contributed by atoms with Crippen LogP contribution in [0.15, 0.2) is 30.3 Å². The van der Waals surface area contributed by atoms with Crippen LogP contribution in [-0.2, 0) is 6.18 Å². The van der Waals surface area contributed by atoms with Crippen molar-refractivity contribution in [3.63, 3.8) is 0 Å². The van der Waals surface area contributed by atoms with Gasteiger partial charge >= 0.3 is 6.18 Å². The fourth-order valence-corrected chi connectivity index (χ4v) is 1.88. The Labute approximate surface area is 130 Å². The molecule has 1 heterocycles. The summed E-state index contributed by atoms with van der Waals surface area (Å²) in [6, 6.07) is 7.80. The minimum atomic E-state index is -4.40. The molecule has 120 valence electrons. The van der Waals surface area contributed by atoms with Crippen LogP contribution >= 0.6 is 0 Å². The summed E-state index contributed by atoms with van der Waals surface area (Å²) in [6.07, 6.45) is -4.40. The van der Waals surface area contributed by atoms with Gasteiger partial charge < -0.3 is 15.8 Å². The molecule has 0 aliphatic rings. The zero-order valence-electron chi connectivity index (χ0n) is 12.1. The number of benzene rings is 1. The number of nitriles is 1. The first-order valence-corrected chi connectivity index (χ1v) is 6.63. The zero-order valence-corrected chi connectivity index (χ0v) is 12.1. The molecule has 8 heteroatoms. The molecule has 5 nitrogen and oxygen atoms in total. The molecule has 0 fully saturated rings. The van der Waals surface area contributed by atoms with Gasteiger partial charge in [-0.25, -0.2) is 0 Å². The zero-order chi connectivity index (χ0) is 17.0. The molecule has 0 atom stereocenters. The lowest BCUT2D eigenvalue weighted by Gasteiger charge is -2.13. The molecule has 0 unspecified atom stereocenters. The number of aromatic nitrogens is 1. The van der Waals surface area contributed by atoms with Gasteiger partial charge in [0.05, 0.1) is 17.9 Å². The Morgan fingerprint density at radius 3 is 2.48 bits per heavy atom. The number of hydrogen-bond acceptors (Lipinski definition) is 5. The molecule has 23 heavy (non-hydrogen) atoms. The highest BCUT2D eigenvalue weighted by molar-refractivity contribution is 5.73. The van der Waals surface area contributed by atoms with E-state index in [2.05, 4.69) is 10.3 Å². The van der Waals surface area contributed by atoms with Crippen molar-refractivity contribution in [2.75, 3.05) is 17.7 Å². The normalized spacial score (nSPS) is 10.9.